The summed E-state index contributed by atoms with van der Waals surface area (Å²) in [6.07, 6.45) is 0.674. The molecule has 1 aromatic carbocycles. The summed E-state index contributed by atoms with van der Waals surface area (Å²) in [5, 5.41) is 11.5. The summed E-state index contributed by atoms with van der Waals surface area (Å²) in [6.45, 7) is 4.29. The highest BCUT2D eigenvalue weighted by Crippen LogP contribution is 2.27. The molecule has 0 aliphatic carbocycles. The van der Waals surface area contributed by atoms with Crippen LogP contribution in [0.3, 0.4) is 0 Å². The average molecular weight is 379 g/mol. The van der Waals surface area contributed by atoms with Crippen LogP contribution in [0.1, 0.15) is 25.5 Å². The molecule has 0 saturated carbocycles. The van der Waals surface area contributed by atoms with E-state index >= 15 is 0 Å². The Kier molecular flexibility index (Phi) is 7.14. The van der Waals surface area contributed by atoms with E-state index in [0.717, 1.165) is 11.3 Å². The van der Waals surface area contributed by atoms with Crippen molar-refractivity contribution in [2.24, 2.45) is 0 Å². The Bertz CT molecular complexity index is 750. The maximum atomic E-state index is 12.5. The number of nitrogens with two attached hydrogens (primary N) is 1. The third-order valence-corrected chi connectivity index (χ3v) is 4.72. The van der Waals surface area contributed by atoms with Gasteiger partial charge in [-0.2, -0.15) is 0 Å². The fourth-order valence-corrected chi connectivity index (χ4v) is 3.26. The molecular weight excluding hydrogens is 354 g/mol. The Hall–Kier alpha value is -2.42. The van der Waals surface area contributed by atoms with E-state index in [1.54, 1.807) is 25.7 Å². The van der Waals surface area contributed by atoms with Gasteiger partial charge in [-0.1, -0.05) is 24.8 Å². The molecule has 0 aliphatic rings. The van der Waals surface area contributed by atoms with E-state index in [9.17, 15) is 4.79 Å². The number of amides is 1. The van der Waals surface area contributed by atoms with Gasteiger partial charge in [-0.05, 0) is 36.8 Å². The van der Waals surface area contributed by atoms with E-state index in [1.165, 1.54) is 11.8 Å². The fraction of sp³-hybridized carbons (Fsp3) is 0.471. The zero-order valence-corrected chi connectivity index (χ0v) is 16.3. The molecule has 1 unspecified atom stereocenters. The SMILES string of the molecule is CCSc1nnc(N)n1C(C)C(=O)NCCc1ccc(OC)c(OC)c1. The molecule has 2 aromatic rings. The molecule has 0 spiro atoms. The van der Waals surface area contributed by atoms with Crippen LogP contribution in [-0.4, -0.2) is 47.2 Å². The monoisotopic (exact) mass is 379 g/mol. The van der Waals surface area contributed by atoms with Gasteiger partial charge in [0, 0.05) is 6.54 Å². The number of benzene rings is 1. The van der Waals surface area contributed by atoms with E-state index in [1.807, 2.05) is 25.1 Å². The van der Waals surface area contributed by atoms with Crippen LogP contribution >= 0.6 is 11.8 Å². The van der Waals surface area contributed by atoms with Crippen LogP contribution in [0.4, 0.5) is 5.95 Å². The number of nitrogens with zero attached hydrogens (tertiary/aromatic N) is 3. The number of hydrogen-bond acceptors (Lipinski definition) is 7. The third-order valence-electron chi connectivity index (χ3n) is 3.89. The highest BCUT2D eigenvalue weighted by Gasteiger charge is 2.21. The van der Waals surface area contributed by atoms with Crippen molar-refractivity contribution in [3.8, 4) is 11.5 Å². The number of methoxy groups -OCH3 is 2. The summed E-state index contributed by atoms with van der Waals surface area (Å²) >= 11 is 1.50. The van der Waals surface area contributed by atoms with Crippen LogP contribution in [0.25, 0.3) is 0 Å². The zero-order valence-electron chi connectivity index (χ0n) is 15.5. The third kappa shape index (κ3) is 4.60. The van der Waals surface area contributed by atoms with Crippen LogP contribution in [0, 0.1) is 0 Å². The molecule has 26 heavy (non-hydrogen) atoms. The predicted molar refractivity (Wildman–Crippen MR) is 102 cm³/mol. The van der Waals surface area contributed by atoms with Crippen LogP contribution < -0.4 is 20.5 Å². The lowest BCUT2D eigenvalue weighted by Crippen LogP contribution is -2.33. The number of rotatable bonds is 9. The molecule has 9 heteroatoms. The summed E-state index contributed by atoms with van der Waals surface area (Å²) < 4.78 is 12.2. The molecule has 1 atom stereocenters. The molecule has 0 fully saturated rings. The Morgan fingerprint density at radius 1 is 1.31 bits per heavy atom. The first-order chi connectivity index (χ1) is 12.5. The number of ether oxygens (including phenoxy) is 2. The fourth-order valence-electron chi connectivity index (χ4n) is 2.51. The lowest BCUT2D eigenvalue weighted by Gasteiger charge is -2.16. The molecule has 0 saturated heterocycles. The topological polar surface area (TPSA) is 104 Å². The number of carbonyl (C=O) groups is 1. The smallest absolute Gasteiger partial charge is 0.243 e. The quantitative estimate of drug-likeness (QED) is 0.641. The van der Waals surface area contributed by atoms with Crippen LogP contribution in [0.5, 0.6) is 11.5 Å². The highest BCUT2D eigenvalue weighted by atomic mass is 32.2. The van der Waals surface area contributed by atoms with Crippen molar-refractivity contribution in [1.29, 1.82) is 0 Å². The second-order valence-electron chi connectivity index (χ2n) is 5.55. The summed E-state index contributed by atoms with van der Waals surface area (Å²) in [5.41, 5.74) is 6.90. The molecule has 8 nitrogen and oxygen atoms in total. The number of nitrogens with one attached hydrogen (secondary N) is 1. The normalized spacial score (nSPS) is 11.8. The number of carbonyl (C=O) groups excluding carboxylic acids is 1. The maximum absolute atomic E-state index is 12.5. The standard InChI is InChI=1S/C17H25N5O3S/c1-5-26-17-21-20-16(18)22(17)11(2)15(23)19-9-8-12-6-7-13(24-3)14(10-12)25-4/h6-7,10-11H,5,8-9H2,1-4H3,(H2,18,20)(H,19,23). The zero-order chi connectivity index (χ0) is 19.1. The minimum Gasteiger partial charge on any atom is -0.493 e. The second kappa shape index (κ2) is 9.33. The van der Waals surface area contributed by atoms with Crippen molar-refractivity contribution in [2.75, 3.05) is 32.3 Å². The maximum Gasteiger partial charge on any atom is 0.243 e. The number of nitrogen functional groups attached to an aromatic ring is 1. The molecule has 2 rings (SSSR count). The first kappa shape index (κ1) is 19.9. The Balaban J connectivity index is 1.95. The van der Waals surface area contributed by atoms with Gasteiger partial charge in [0.2, 0.25) is 11.9 Å². The van der Waals surface area contributed by atoms with Crippen molar-refractivity contribution < 1.29 is 14.3 Å². The van der Waals surface area contributed by atoms with Crippen LogP contribution in [-0.2, 0) is 11.2 Å². The Labute approximate surface area is 157 Å². The number of aromatic nitrogens is 3. The average Bonchev–Trinajstić information content (AvgIpc) is 3.01. The van der Waals surface area contributed by atoms with Gasteiger partial charge >= 0.3 is 0 Å². The first-order valence-corrected chi connectivity index (χ1v) is 9.32. The van der Waals surface area contributed by atoms with Gasteiger partial charge < -0.3 is 20.5 Å². The van der Waals surface area contributed by atoms with E-state index in [2.05, 4.69) is 15.5 Å². The van der Waals surface area contributed by atoms with Gasteiger partial charge in [-0.25, -0.2) is 0 Å². The van der Waals surface area contributed by atoms with Gasteiger partial charge in [-0.15, -0.1) is 10.2 Å². The second-order valence-corrected chi connectivity index (χ2v) is 6.78. The molecular formula is C17H25N5O3S. The van der Waals surface area contributed by atoms with E-state index in [0.29, 0.717) is 29.6 Å². The van der Waals surface area contributed by atoms with E-state index in [4.69, 9.17) is 15.2 Å². The van der Waals surface area contributed by atoms with Crippen LogP contribution in [0.15, 0.2) is 23.4 Å². The lowest BCUT2D eigenvalue weighted by molar-refractivity contribution is -0.123. The lowest BCUT2D eigenvalue weighted by atomic mass is 10.1. The van der Waals surface area contributed by atoms with Crippen LogP contribution in [0.2, 0.25) is 0 Å². The molecule has 0 aliphatic heterocycles. The molecule has 142 valence electrons. The molecule has 0 radical (unpaired) electrons. The number of hydrogen-bond donors (Lipinski definition) is 2. The number of anilines is 1. The predicted octanol–water partition coefficient (Wildman–Crippen LogP) is 1.91. The van der Waals surface area contributed by atoms with Gasteiger partial charge in [0.25, 0.3) is 0 Å². The van der Waals surface area contributed by atoms with Gasteiger partial charge in [-0.3, -0.25) is 9.36 Å². The van der Waals surface area contributed by atoms with Crippen molar-refractivity contribution in [3.05, 3.63) is 23.8 Å². The summed E-state index contributed by atoms with van der Waals surface area (Å²) in [6, 6.07) is 5.22. The summed E-state index contributed by atoms with van der Waals surface area (Å²) in [7, 11) is 3.20. The Morgan fingerprint density at radius 3 is 2.69 bits per heavy atom. The molecule has 3 N–H and O–H groups in total. The van der Waals surface area contributed by atoms with Crippen molar-refractivity contribution in [3.63, 3.8) is 0 Å². The van der Waals surface area contributed by atoms with Gasteiger partial charge in [0.15, 0.2) is 16.7 Å². The molecule has 0 bridgehead atoms. The van der Waals surface area contributed by atoms with Crippen molar-refractivity contribution in [2.45, 2.75) is 31.5 Å². The minimum atomic E-state index is -0.482. The minimum absolute atomic E-state index is 0.130. The van der Waals surface area contributed by atoms with E-state index in [-0.39, 0.29) is 11.9 Å². The Morgan fingerprint density at radius 2 is 2.04 bits per heavy atom. The van der Waals surface area contributed by atoms with E-state index < -0.39 is 6.04 Å². The largest absolute Gasteiger partial charge is 0.493 e. The molecule has 1 heterocycles. The van der Waals surface area contributed by atoms with Gasteiger partial charge in [0.1, 0.15) is 6.04 Å². The highest BCUT2D eigenvalue weighted by molar-refractivity contribution is 7.99. The van der Waals surface area contributed by atoms with Gasteiger partial charge in [0.05, 0.1) is 14.2 Å². The summed E-state index contributed by atoms with van der Waals surface area (Å²) in [5.74, 6) is 2.28. The first-order valence-electron chi connectivity index (χ1n) is 8.33. The summed E-state index contributed by atoms with van der Waals surface area (Å²) in [4.78, 5) is 12.5. The van der Waals surface area contributed by atoms with Crippen molar-refractivity contribution in [1.82, 2.24) is 20.1 Å². The molecule has 1 aromatic heterocycles. The molecule has 1 amide bonds. The van der Waals surface area contributed by atoms with Crippen molar-refractivity contribution >= 4 is 23.6 Å². The number of thioether (sulfide) groups is 1.